The number of nitrogens with zero attached hydrogens (tertiary/aromatic N) is 1. The minimum absolute atomic E-state index is 0.0676. The molecule has 21 heavy (non-hydrogen) atoms. The van der Waals surface area contributed by atoms with Crippen LogP contribution in [0, 0.1) is 0 Å². The smallest absolute Gasteiger partial charge is 0.410 e. The second kappa shape index (κ2) is 7.42. The Morgan fingerprint density at radius 1 is 1.19 bits per heavy atom. The number of rotatable bonds is 5. The monoisotopic (exact) mass is 301 g/mol. The summed E-state index contributed by atoms with van der Waals surface area (Å²) in [6, 6.07) is 0. The molecule has 0 aromatic heterocycles. The highest BCUT2D eigenvalue weighted by Gasteiger charge is 2.34. The van der Waals surface area contributed by atoms with Crippen molar-refractivity contribution in [1.82, 2.24) is 4.90 Å². The summed E-state index contributed by atoms with van der Waals surface area (Å²) in [7, 11) is 0. The van der Waals surface area contributed by atoms with Gasteiger partial charge >= 0.3 is 6.09 Å². The van der Waals surface area contributed by atoms with Crippen molar-refractivity contribution in [2.45, 2.75) is 58.0 Å². The Morgan fingerprint density at radius 2 is 1.90 bits per heavy atom. The summed E-state index contributed by atoms with van der Waals surface area (Å²) in [6.07, 6.45) is 3.01. The van der Waals surface area contributed by atoms with Crippen molar-refractivity contribution >= 4 is 6.09 Å². The van der Waals surface area contributed by atoms with E-state index in [1.54, 1.807) is 4.90 Å². The average molecular weight is 301 g/mol. The number of amides is 1. The lowest BCUT2D eigenvalue weighted by Gasteiger charge is -2.39. The third kappa shape index (κ3) is 5.80. The van der Waals surface area contributed by atoms with E-state index in [4.69, 9.17) is 18.9 Å². The molecule has 6 heteroatoms. The van der Waals surface area contributed by atoms with Gasteiger partial charge in [-0.2, -0.15) is 0 Å². The van der Waals surface area contributed by atoms with Gasteiger partial charge in [0.15, 0.2) is 6.29 Å². The number of ether oxygens (including phenoxy) is 4. The van der Waals surface area contributed by atoms with E-state index in [0.717, 1.165) is 19.4 Å². The quantitative estimate of drug-likeness (QED) is 0.728. The summed E-state index contributed by atoms with van der Waals surface area (Å²) in [5.41, 5.74) is -0.448. The normalized spacial score (nSPS) is 23.8. The van der Waals surface area contributed by atoms with Crippen LogP contribution in [0.2, 0.25) is 0 Å². The van der Waals surface area contributed by atoms with Crippen molar-refractivity contribution in [2.24, 2.45) is 0 Å². The second-order valence-electron chi connectivity index (χ2n) is 6.55. The van der Waals surface area contributed by atoms with Crippen LogP contribution in [-0.4, -0.2) is 61.9 Å². The van der Waals surface area contributed by atoms with Crippen LogP contribution >= 0.6 is 0 Å². The van der Waals surface area contributed by atoms with Crippen molar-refractivity contribution in [1.29, 1.82) is 0 Å². The predicted octanol–water partition coefficient (Wildman–Crippen LogP) is 2.17. The van der Waals surface area contributed by atoms with E-state index in [-0.39, 0.29) is 18.5 Å². The molecule has 2 rings (SSSR count). The highest BCUT2D eigenvalue weighted by atomic mass is 16.7. The van der Waals surface area contributed by atoms with Crippen molar-refractivity contribution in [2.75, 3.05) is 32.9 Å². The fourth-order valence-corrected chi connectivity index (χ4v) is 2.26. The first-order valence-electron chi connectivity index (χ1n) is 7.77. The fraction of sp³-hybridized carbons (Fsp3) is 0.933. The van der Waals surface area contributed by atoms with Gasteiger partial charge in [0, 0.05) is 6.61 Å². The summed E-state index contributed by atoms with van der Waals surface area (Å²) >= 11 is 0. The zero-order valence-corrected chi connectivity index (χ0v) is 13.3. The Labute approximate surface area is 126 Å². The largest absolute Gasteiger partial charge is 0.444 e. The van der Waals surface area contributed by atoms with Gasteiger partial charge in [-0.15, -0.1) is 0 Å². The maximum atomic E-state index is 11.7. The molecule has 0 N–H and O–H groups in total. The zero-order chi connectivity index (χ0) is 15.3. The molecule has 2 saturated heterocycles. The Bertz CT molecular complexity index is 329. The number of carbonyl (C=O) groups excluding carboxylic acids is 1. The molecule has 0 aromatic carbocycles. The third-order valence-corrected chi connectivity index (χ3v) is 3.38. The van der Waals surface area contributed by atoms with E-state index in [0.29, 0.717) is 26.3 Å². The van der Waals surface area contributed by atoms with Gasteiger partial charge in [-0.05, 0) is 40.0 Å². The van der Waals surface area contributed by atoms with Gasteiger partial charge in [0.2, 0.25) is 0 Å². The Balaban J connectivity index is 1.49. The maximum Gasteiger partial charge on any atom is 0.410 e. The van der Waals surface area contributed by atoms with Crippen LogP contribution in [0.1, 0.15) is 40.0 Å². The molecule has 0 spiro atoms. The Morgan fingerprint density at radius 3 is 2.52 bits per heavy atom. The minimum Gasteiger partial charge on any atom is -0.444 e. The maximum absolute atomic E-state index is 11.7. The lowest BCUT2D eigenvalue weighted by atomic mass is 10.2. The van der Waals surface area contributed by atoms with Crippen LogP contribution in [0.25, 0.3) is 0 Å². The topological polar surface area (TPSA) is 57.2 Å². The highest BCUT2D eigenvalue weighted by molar-refractivity contribution is 5.69. The molecule has 6 nitrogen and oxygen atoms in total. The molecule has 0 aromatic rings. The Hall–Kier alpha value is -0.850. The van der Waals surface area contributed by atoms with Crippen molar-refractivity contribution in [3.05, 3.63) is 0 Å². The molecule has 2 aliphatic rings. The summed E-state index contributed by atoms with van der Waals surface area (Å²) in [6.45, 7) is 8.64. The Kier molecular flexibility index (Phi) is 5.84. The van der Waals surface area contributed by atoms with Crippen LogP contribution < -0.4 is 0 Å². The summed E-state index contributed by atoms with van der Waals surface area (Å²) in [5, 5.41) is 0. The number of likely N-dealkylation sites (tertiary alicyclic amines) is 1. The first-order chi connectivity index (χ1) is 9.94. The fourth-order valence-electron chi connectivity index (χ4n) is 2.26. The van der Waals surface area contributed by atoms with Gasteiger partial charge in [0.1, 0.15) is 5.60 Å². The van der Waals surface area contributed by atoms with Crippen molar-refractivity contribution in [3.63, 3.8) is 0 Å². The minimum atomic E-state index is -0.448. The average Bonchev–Trinajstić information content (AvgIpc) is 2.35. The second-order valence-corrected chi connectivity index (χ2v) is 6.55. The molecule has 0 bridgehead atoms. The highest BCUT2D eigenvalue weighted by Crippen LogP contribution is 2.17. The van der Waals surface area contributed by atoms with Gasteiger partial charge < -0.3 is 23.8 Å². The molecule has 0 radical (unpaired) electrons. The summed E-state index contributed by atoms with van der Waals surface area (Å²) in [5.74, 6) is 0. The van der Waals surface area contributed by atoms with Gasteiger partial charge in [-0.1, -0.05) is 0 Å². The number of carbonyl (C=O) groups is 1. The van der Waals surface area contributed by atoms with Gasteiger partial charge in [0.25, 0.3) is 0 Å². The first kappa shape index (κ1) is 16.5. The molecule has 0 saturated carbocycles. The van der Waals surface area contributed by atoms with E-state index in [9.17, 15) is 4.79 Å². The zero-order valence-electron chi connectivity index (χ0n) is 13.3. The van der Waals surface area contributed by atoms with E-state index >= 15 is 0 Å². The van der Waals surface area contributed by atoms with Crippen LogP contribution in [0.15, 0.2) is 0 Å². The molecular formula is C15H27NO5. The lowest BCUT2D eigenvalue weighted by molar-refractivity contribution is -0.175. The molecule has 2 aliphatic heterocycles. The molecule has 122 valence electrons. The molecule has 1 amide bonds. The van der Waals surface area contributed by atoms with Gasteiger partial charge in [-0.3, -0.25) is 0 Å². The molecule has 0 aliphatic carbocycles. The summed E-state index contributed by atoms with van der Waals surface area (Å²) < 4.78 is 22.0. The van der Waals surface area contributed by atoms with Crippen molar-refractivity contribution in [3.8, 4) is 0 Å². The molecule has 1 atom stereocenters. The summed E-state index contributed by atoms with van der Waals surface area (Å²) in [4.78, 5) is 13.4. The van der Waals surface area contributed by atoms with Crippen LogP contribution in [0.4, 0.5) is 4.79 Å². The van der Waals surface area contributed by atoms with Gasteiger partial charge in [-0.25, -0.2) is 4.79 Å². The van der Waals surface area contributed by atoms with Crippen molar-refractivity contribution < 1.29 is 23.7 Å². The van der Waals surface area contributed by atoms with Crippen LogP contribution in [0.5, 0.6) is 0 Å². The first-order valence-corrected chi connectivity index (χ1v) is 7.77. The standard InChI is InChI=1S/C15H27NO5/c1-15(2,3)21-14(17)16-10-12(11-16)18-8-9-20-13-6-4-5-7-19-13/h12-13H,4-11H2,1-3H3/t13-/m0/s1. The molecule has 2 heterocycles. The van der Waals surface area contributed by atoms with Gasteiger partial charge in [0.05, 0.1) is 32.4 Å². The van der Waals surface area contributed by atoms with E-state index < -0.39 is 5.60 Å². The van der Waals surface area contributed by atoms with E-state index in [1.165, 1.54) is 6.42 Å². The van der Waals surface area contributed by atoms with Crippen LogP contribution in [0.3, 0.4) is 0 Å². The van der Waals surface area contributed by atoms with E-state index in [2.05, 4.69) is 0 Å². The number of hydrogen-bond donors (Lipinski definition) is 0. The SMILES string of the molecule is CC(C)(C)OC(=O)N1CC(OCCO[C@H]2CCCCO2)C1. The van der Waals surface area contributed by atoms with E-state index in [1.807, 2.05) is 20.8 Å². The molecule has 2 fully saturated rings. The van der Waals surface area contributed by atoms with Crippen LogP contribution in [-0.2, 0) is 18.9 Å². The number of hydrogen-bond acceptors (Lipinski definition) is 5. The third-order valence-electron chi connectivity index (χ3n) is 3.38. The molecule has 0 unspecified atom stereocenters. The lowest BCUT2D eigenvalue weighted by Crippen LogP contribution is -2.56. The predicted molar refractivity (Wildman–Crippen MR) is 77.1 cm³/mol. The molecular weight excluding hydrogens is 274 g/mol.